The van der Waals surface area contributed by atoms with Crippen molar-refractivity contribution in [3.63, 3.8) is 0 Å². The van der Waals surface area contributed by atoms with Gasteiger partial charge in [0.05, 0.1) is 11.7 Å². The second-order valence-electron chi connectivity index (χ2n) is 6.33. The van der Waals surface area contributed by atoms with Crippen LogP contribution in [0.25, 0.3) is 11.5 Å². The topological polar surface area (TPSA) is 89.7 Å². The molecule has 146 valence electrons. The lowest BCUT2D eigenvalue weighted by Crippen LogP contribution is -2.41. The summed E-state index contributed by atoms with van der Waals surface area (Å²) in [4.78, 5) is 16.5. The number of halogens is 1. The highest BCUT2D eigenvalue weighted by atomic mass is 32.2. The Morgan fingerprint density at radius 2 is 1.96 bits per heavy atom. The highest BCUT2D eigenvalue weighted by Gasteiger charge is 2.31. The standard InChI is InChI=1S/C18H21FN2O5S/c1-2-27(23,24)21-9-7-14(8-10-21)18(22)26-12-16-11-25-17(20-16)13-3-5-15(19)6-4-13/h3-6,11,14H,2,7-10,12H2,1H3. The van der Waals surface area contributed by atoms with Gasteiger partial charge in [-0.2, -0.15) is 0 Å². The van der Waals surface area contributed by atoms with Gasteiger partial charge in [0, 0.05) is 18.7 Å². The van der Waals surface area contributed by atoms with E-state index in [0.717, 1.165) is 0 Å². The van der Waals surface area contributed by atoms with Crippen LogP contribution in [0, 0.1) is 11.7 Å². The van der Waals surface area contributed by atoms with Gasteiger partial charge in [-0.15, -0.1) is 0 Å². The summed E-state index contributed by atoms with van der Waals surface area (Å²) in [6.45, 7) is 2.23. The Balaban J connectivity index is 1.51. The lowest BCUT2D eigenvalue weighted by Gasteiger charge is -2.29. The fourth-order valence-corrected chi connectivity index (χ4v) is 4.05. The van der Waals surface area contributed by atoms with E-state index in [-0.39, 0.29) is 30.1 Å². The Bertz CT molecular complexity index is 887. The number of carbonyl (C=O) groups is 1. The van der Waals surface area contributed by atoms with Crippen LogP contribution in [-0.4, -0.2) is 42.5 Å². The Morgan fingerprint density at radius 3 is 2.59 bits per heavy atom. The first-order valence-corrected chi connectivity index (χ1v) is 10.3. The number of carbonyl (C=O) groups excluding carboxylic acids is 1. The Morgan fingerprint density at radius 1 is 1.30 bits per heavy atom. The number of ether oxygens (including phenoxy) is 1. The lowest BCUT2D eigenvalue weighted by molar-refractivity contribution is -0.151. The van der Waals surface area contributed by atoms with Crippen LogP contribution in [0.2, 0.25) is 0 Å². The number of sulfonamides is 1. The SMILES string of the molecule is CCS(=O)(=O)N1CCC(C(=O)OCc2coc(-c3ccc(F)cc3)n2)CC1. The average molecular weight is 396 g/mol. The molecule has 0 N–H and O–H groups in total. The molecule has 0 radical (unpaired) electrons. The number of hydrogen-bond donors (Lipinski definition) is 0. The molecule has 1 aliphatic heterocycles. The van der Waals surface area contributed by atoms with Crippen molar-refractivity contribution < 1.29 is 26.8 Å². The van der Waals surface area contributed by atoms with Crippen LogP contribution in [0.1, 0.15) is 25.5 Å². The molecule has 9 heteroatoms. The van der Waals surface area contributed by atoms with Gasteiger partial charge >= 0.3 is 5.97 Å². The van der Waals surface area contributed by atoms with E-state index in [2.05, 4.69) is 4.98 Å². The van der Waals surface area contributed by atoms with Gasteiger partial charge in [-0.3, -0.25) is 4.79 Å². The minimum absolute atomic E-state index is 0.0308. The summed E-state index contributed by atoms with van der Waals surface area (Å²) < 4.78 is 48.7. The fraction of sp³-hybridized carbons (Fsp3) is 0.444. The molecule has 0 bridgehead atoms. The van der Waals surface area contributed by atoms with Crippen molar-refractivity contribution >= 4 is 16.0 Å². The molecule has 0 unspecified atom stereocenters. The third-order valence-electron chi connectivity index (χ3n) is 4.55. The van der Waals surface area contributed by atoms with E-state index in [1.807, 2.05) is 0 Å². The monoisotopic (exact) mass is 396 g/mol. The summed E-state index contributed by atoms with van der Waals surface area (Å²) >= 11 is 0. The first-order valence-electron chi connectivity index (χ1n) is 8.74. The molecule has 2 heterocycles. The minimum atomic E-state index is -3.22. The molecule has 0 atom stereocenters. The number of benzene rings is 1. The van der Waals surface area contributed by atoms with Gasteiger partial charge in [0.15, 0.2) is 0 Å². The molecule has 7 nitrogen and oxygen atoms in total. The maximum atomic E-state index is 13.0. The minimum Gasteiger partial charge on any atom is -0.459 e. The quantitative estimate of drug-likeness (QED) is 0.697. The largest absolute Gasteiger partial charge is 0.459 e. The van der Waals surface area contributed by atoms with E-state index in [4.69, 9.17) is 9.15 Å². The Kier molecular flexibility index (Phi) is 5.91. The molecule has 0 aliphatic carbocycles. The molecule has 27 heavy (non-hydrogen) atoms. The molecular weight excluding hydrogens is 375 g/mol. The number of hydrogen-bond acceptors (Lipinski definition) is 6. The highest BCUT2D eigenvalue weighted by Crippen LogP contribution is 2.22. The normalized spacial score (nSPS) is 16.4. The van der Waals surface area contributed by atoms with Crippen molar-refractivity contribution in [3.8, 4) is 11.5 Å². The molecule has 1 aliphatic rings. The molecule has 1 fully saturated rings. The van der Waals surface area contributed by atoms with Gasteiger partial charge in [-0.25, -0.2) is 22.1 Å². The number of piperidine rings is 1. The third kappa shape index (κ3) is 4.72. The van der Waals surface area contributed by atoms with E-state index in [0.29, 0.717) is 43.1 Å². The maximum Gasteiger partial charge on any atom is 0.309 e. The molecular formula is C18H21FN2O5S. The van der Waals surface area contributed by atoms with Crippen molar-refractivity contribution in [1.29, 1.82) is 0 Å². The smallest absolute Gasteiger partial charge is 0.309 e. The van der Waals surface area contributed by atoms with E-state index >= 15 is 0 Å². The van der Waals surface area contributed by atoms with Crippen LogP contribution in [-0.2, 0) is 26.2 Å². The summed E-state index contributed by atoms with van der Waals surface area (Å²) in [5.41, 5.74) is 1.08. The first-order chi connectivity index (χ1) is 12.9. The maximum absolute atomic E-state index is 13.0. The van der Waals surface area contributed by atoms with Crippen LogP contribution in [0.5, 0.6) is 0 Å². The summed E-state index contributed by atoms with van der Waals surface area (Å²) in [5.74, 6) is -0.659. The number of aromatic nitrogens is 1. The molecule has 0 saturated carbocycles. The van der Waals surface area contributed by atoms with Gasteiger partial charge in [0.25, 0.3) is 0 Å². The zero-order valence-corrected chi connectivity index (χ0v) is 15.7. The van der Waals surface area contributed by atoms with Crippen LogP contribution in [0.3, 0.4) is 0 Å². The predicted octanol–water partition coefficient (Wildman–Crippen LogP) is 2.59. The van der Waals surface area contributed by atoms with Crippen LogP contribution in [0.4, 0.5) is 4.39 Å². The van der Waals surface area contributed by atoms with Crippen molar-refractivity contribution in [1.82, 2.24) is 9.29 Å². The van der Waals surface area contributed by atoms with Gasteiger partial charge in [-0.05, 0) is 44.0 Å². The highest BCUT2D eigenvalue weighted by molar-refractivity contribution is 7.89. The Labute approximate surface area is 157 Å². The molecule has 2 aromatic rings. The molecule has 3 rings (SSSR count). The van der Waals surface area contributed by atoms with Crippen molar-refractivity contribution in [2.75, 3.05) is 18.8 Å². The number of rotatable bonds is 6. The fourth-order valence-electron chi connectivity index (χ4n) is 2.91. The van der Waals surface area contributed by atoms with Crippen molar-refractivity contribution in [3.05, 3.63) is 42.0 Å². The summed E-state index contributed by atoms with van der Waals surface area (Å²) in [6.07, 6.45) is 2.28. The van der Waals surface area contributed by atoms with E-state index in [1.165, 1.54) is 22.7 Å². The number of esters is 1. The summed E-state index contributed by atoms with van der Waals surface area (Å²) in [5, 5.41) is 0. The van der Waals surface area contributed by atoms with Gasteiger partial charge in [-0.1, -0.05) is 0 Å². The average Bonchev–Trinajstić information content (AvgIpc) is 3.16. The molecule has 0 amide bonds. The van der Waals surface area contributed by atoms with Gasteiger partial charge < -0.3 is 9.15 Å². The molecule has 1 aromatic carbocycles. The van der Waals surface area contributed by atoms with Gasteiger partial charge in [0.1, 0.15) is 24.4 Å². The summed E-state index contributed by atoms with van der Waals surface area (Å²) in [7, 11) is -3.22. The van der Waals surface area contributed by atoms with Crippen LogP contribution >= 0.6 is 0 Å². The molecule has 1 saturated heterocycles. The first kappa shape index (κ1) is 19.5. The zero-order valence-electron chi connectivity index (χ0n) is 14.9. The van der Waals surface area contributed by atoms with E-state index < -0.39 is 10.0 Å². The van der Waals surface area contributed by atoms with Gasteiger partial charge in [0.2, 0.25) is 15.9 Å². The van der Waals surface area contributed by atoms with E-state index in [9.17, 15) is 17.6 Å². The molecule has 1 aromatic heterocycles. The number of nitrogens with zero attached hydrogens (tertiary/aromatic N) is 2. The van der Waals surface area contributed by atoms with Crippen LogP contribution < -0.4 is 0 Å². The zero-order chi connectivity index (χ0) is 19.4. The second-order valence-corrected chi connectivity index (χ2v) is 8.59. The molecule has 0 spiro atoms. The summed E-state index contributed by atoms with van der Waals surface area (Å²) in [6, 6.07) is 5.72. The number of oxazole rings is 1. The lowest BCUT2D eigenvalue weighted by atomic mass is 9.98. The van der Waals surface area contributed by atoms with Crippen molar-refractivity contribution in [2.45, 2.75) is 26.4 Å². The predicted molar refractivity (Wildman–Crippen MR) is 95.5 cm³/mol. The van der Waals surface area contributed by atoms with Crippen molar-refractivity contribution in [2.24, 2.45) is 5.92 Å². The van der Waals surface area contributed by atoms with Crippen LogP contribution in [0.15, 0.2) is 34.9 Å². The van der Waals surface area contributed by atoms with E-state index in [1.54, 1.807) is 19.1 Å². The second kappa shape index (κ2) is 8.18. The Hall–Kier alpha value is -2.26. The third-order valence-corrected chi connectivity index (χ3v) is 6.43.